The number of nitrogens with one attached hydrogen (secondary N) is 2. The molecule has 2 fully saturated rings. The Kier molecular flexibility index (Phi) is 3.16. The van der Waals surface area contributed by atoms with Gasteiger partial charge in [-0.25, -0.2) is 0 Å². The molecule has 1 aromatic carbocycles. The molecule has 4 heteroatoms. The standard InChI is InChI=1S/C14H17BrN2O/c15-11-3-1-2-10(8-11)12-9-17-13(18)14(12)4-6-16-7-5-14/h1-3,8,12,16H,4-7,9H2,(H,17,18). The third-order valence-electron chi connectivity index (χ3n) is 4.33. The Morgan fingerprint density at radius 3 is 2.78 bits per heavy atom. The molecule has 18 heavy (non-hydrogen) atoms. The van der Waals surface area contributed by atoms with Crippen molar-refractivity contribution >= 4 is 21.8 Å². The van der Waals surface area contributed by atoms with Gasteiger partial charge in [-0.2, -0.15) is 0 Å². The van der Waals surface area contributed by atoms with Crippen LogP contribution in [0.1, 0.15) is 24.3 Å². The molecule has 0 saturated carbocycles. The molecule has 0 bridgehead atoms. The molecule has 0 radical (unpaired) electrons. The van der Waals surface area contributed by atoms with Crippen molar-refractivity contribution in [3.63, 3.8) is 0 Å². The topological polar surface area (TPSA) is 41.1 Å². The van der Waals surface area contributed by atoms with E-state index in [0.29, 0.717) is 5.92 Å². The van der Waals surface area contributed by atoms with E-state index in [1.54, 1.807) is 0 Å². The number of hydrogen-bond donors (Lipinski definition) is 2. The van der Waals surface area contributed by atoms with E-state index in [2.05, 4.69) is 44.8 Å². The van der Waals surface area contributed by atoms with E-state index in [1.165, 1.54) is 5.56 Å². The molecular weight excluding hydrogens is 292 g/mol. The van der Waals surface area contributed by atoms with Crippen molar-refractivity contribution in [2.24, 2.45) is 5.41 Å². The smallest absolute Gasteiger partial charge is 0.227 e. The van der Waals surface area contributed by atoms with Crippen LogP contribution in [-0.4, -0.2) is 25.5 Å². The molecule has 1 spiro atoms. The molecule has 2 heterocycles. The summed E-state index contributed by atoms with van der Waals surface area (Å²) < 4.78 is 1.09. The van der Waals surface area contributed by atoms with Gasteiger partial charge in [0, 0.05) is 16.9 Å². The predicted molar refractivity (Wildman–Crippen MR) is 74.4 cm³/mol. The first-order valence-electron chi connectivity index (χ1n) is 6.47. The van der Waals surface area contributed by atoms with Crippen LogP contribution in [-0.2, 0) is 4.79 Å². The number of amides is 1. The van der Waals surface area contributed by atoms with Crippen LogP contribution in [0.25, 0.3) is 0 Å². The predicted octanol–water partition coefficient (Wildman–Crippen LogP) is 2.03. The van der Waals surface area contributed by atoms with Gasteiger partial charge in [0.25, 0.3) is 0 Å². The maximum absolute atomic E-state index is 12.3. The Hall–Kier alpha value is -0.870. The maximum atomic E-state index is 12.3. The second-order valence-electron chi connectivity index (χ2n) is 5.22. The third kappa shape index (κ3) is 1.88. The number of carbonyl (C=O) groups excluding carboxylic acids is 1. The SMILES string of the molecule is O=C1NCC(c2cccc(Br)c2)C12CCNCC2. The highest BCUT2D eigenvalue weighted by atomic mass is 79.9. The fourth-order valence-corrected chi connectivity index (χ4v) is 3.75. The van der Waals surface area contributed by atoms with E-state index in [4.69, 9.17) is 0 Å². The minimum atomic E-state index is -0.188. The summed E-state index contributed by atoms with van der Waals surface area (Å²) in [5, 5.41) is 6.42. The number of carbonyl (C=O) groups is 1. The summed E-state index contributed by atoms with van der Waals surface area (Å²) in [5.41, 5.74) is 1.08. The summed E-state index contributed by atoms with van der Waals surface area (Å²) in [5.74, 6) is 0.554. The lowest BCUT2D eigenvalue weighted by atomic mass is 9.68. The van der Waals surface area contributed by atoms with E-state index in [1.807, 2.05) is 6.07 Å². The second kappa shape index (κ2) is 4.67. The first kappa shape index (κ1) is 12.2. The van der Waals surface area contributed by atoms with Gasteiger partial charge in [0.15, 0.2) is 0 Å². The van der Waals surface area contributed by atoms with Gasteiger partial charge in [0.05, 0.1) is 5.41 Å². The second-order valence-corrected chi connectivity index (χ2v) is 6.14. The monoisotopic (exact) mass is 308 g/mol. The minimum absolute atomic E-state index is 0.188. The number of piperidine rings is 1. The van der Waals surface area contributed by atoms with Crippen LogP contribution in [0.3, 0.4) is 0 Å². The van der Waals surface area contributed by atoms with Crippen LogP contribution in [0, 0.1) is 5.41 Å². The Bertz CT molecular complexity index is 469. The van der Waals surface area contributed by atoms with Gasteiger partial charge in [-0.1, -0.05) is 28.1 Å². The molecule has 1 unspecified atom stereocenters. The third-order valence-corrected chi connectivity index (χ3v) is 4.83. The number of rotatable bonds is 1. The number of hydrogen-bond acceptors (Lipinski definition) is 2. The zero-order chi connectivity index (χ0) is 12.6. The maximum Gasteiger partial charge on any atom is 0.227 e. The van der Waals surface area contributed by atoms with E-state index in [9.17, 15) is 4.79 Å². The fourth-order valence-electron chi connectivity index (χ4n) is 3.33. The van der Waals surface area contributed by atoms with Gasteiger partial charge in [0.1, 0.15) is 0 Å². The zero-order valence-corrected chi connectivity index (χ0v) is 11.8. The van der Waals surface area contributed by atoms with E-state index in [-0.39, 0.29) is 11.3 Å². The van der Waals surface area contributed by atoms with Crippen molar-refractivity contribution in [3.8, 4) is 0 Å². The van der Waals surface area contributed by atoms with Crippen molar-refractivity contribution < 1.29 is 4.79 Å². The average Bonchev–Trinajstić information content (AvgIpc) is 2.68. The largest absolute Gasteiger partial charge is 0.355 e. The van der Waals surface area contributed by atoms with E-state index >= 15 is 0 Å². The van der Waals surface area contributed by atoms with Gasteiger partial charge in [0.2, 0.25) is 5.91 Å². The summed E-state index contributed by atoms with van der Waals surface area (Å²) in [7, 11) is 0. The van der Waals surface area contributed by atoms with Crippen LogP contribution in [0.2, 0.25) is 0 Å². The molecule has 2 N–H and O–H groups in total. The zero-order valence-electron chi connectivity index (χ0n) is 10.2. The molecule has 96 valence electrons. The lowest BCUT2D eigenvalue weighted by Gasteiger charge is -2.36. The molecule has 3 nitrogen and oxygen atoms in total. The van der Waals surface area contributed by atoms with Crippen molar-refractivity contribution in [2.45, 2.75) is 18.8 Å². The van der Waals surface area contributed by atoms with Crippen molar-refractivity contribution in [3.05, 3.63) is 34.3 Å². The molecule has 2 aliphatic rings. The summed E-state index contributed by atoms with van der Waals surface area (Å²) in [6, 6.07) is 8.37. The highest BCUT2D eigenvalue weighted by molar-refractivity contribution is 9.10. The lowest BCUT2D eigenvalue weighted by Crippen LogP contribution is -2.44. The molecule has 0 aliphatic carbocycles. The lowest BCUT2D eigenvalue weighted by molar-refractivity contribution is -0.129. The van der Waals surface area contributed by atoms with Crippen LogP contribution in [0.4, 0.5) is 0 Å². The highest BCUT2D eigenvalue weighted by Gasteiger charge is 2.50. The van der Waals surface area contributed by atoms with E-state index < -0.39 is 0 Å². The molecule has 2 aliphatic heterocycles. The fraction of sp³-hybridized carbons (Fsp3) is 0.500. The van der Waals surface area contributed by atoms with Crippen LogP contribution < -0.4 is 10.6 Å². The molecule has 1 atom stereocenters. The number of benzene rings is 1. The normalized spacial score (nSPS) is 26.3. The molecule has 3 rings (SSSR count). The van der Waals surface area contributed by atoms with Gasteiger partial charge in [-0.3, -0.25) is 4.79 Å². The van der Waals surface area contributed by atoms with Gasteiger partial charge >= 0.3 is 0 Å². The Morgan fingerprint density at radius 1 is 1.28 bits per heavy atom. The summed E-state index contributed by atoms with van der Waals surface area (Å²) in [6.07, 6.45) is 1.88. The van der Waals surface area contributed by atoms with E-state index in [0.717, 1.165) is 36.9 Å². The Balaban J connectivity index is 1.98. The minimum Gasteiger partial charge on any atom is -0.355 e. The Labute approximate surface area is 115 Å². The van der Waals surface area contributed by atoms with Crippen molar-refractivity contribution in [1.82, 2.24) is 10.6 Å². The molecular formula is C14H17BrN2O. The van der Waals surface area contributed by atoms with Crippen LogP contribution >= 0.6 is 15.9 Å². The molecule has 2 saturated heterocycles. The van der Waals surface area contributed by atoms with Gasteiger partial charge < -0.3 is 10.6 Å². The molecule has 0 aromatic heterocycles. The van der Waals surface area contributed by atoms with Crippen LogP contribution in [0.15, 0.2) is 28.7 Å². The first-order chi connectivity index (χ1) is 8.72. The van der Waals surface area contributed by atoms with Crippen LogP contribution in [0.5, 0.6) is 0 Å². The van der Waals surface area contributed by atoms with Gasteiger partial charge in [-0.15, -0.1) is 0 Å². The van der Waals surface area contributed by atoms with Crippen molar-refractivity contribution in [1.29, 1.82) is 0 Å². The van der Waals surface area contributed by atoms with Crippen molar-refractivity contribution in [2.75, 3.05) is 19.6 Å². The first-order valence-corrected chi connectivity index (χ1v) is 7.26. The highest BCUT2D eigenvalue weighted by Crippen LogP contribution is 2.46. The summed E-state index contributed by atoms with van der Waals surface area (Å²) in [4.78, 5) is 12.3. The average molecular weight is 309 g/mol. The Morgan fingerprint density at radius 2 is 2.06 bits per heavy atom. The quantitative estimate of drug-likeness (QED) is 0.833. The molecule has 1 amide bonds. The molecule has 1 aromatic rings. The summed E-state index contributed by atoms with van der Waals surface area (Å²) in [6.45, 7) is 2.66. The summed E-state index contributed by atoms with van der Waals surface area (Å²) >= 11 is 3.52. The van der Waals surface area contributed by atoms with Gasteiger partial charge in [-0.05, 0) is 43.6 Å². The number of halogens is 1.